The van der Waals surface area contributed by atoms with Gasteiger partial charge in [-0.05, 0) is 40.5 Å². The van der Waals surface area contributed by atoms with Crippen LogP contribution in [0.15, 0.2) is 22.7 Å². The van der Waals surface area contributed by atoms with Crippen molar-refractivity contribution >= 4 is 21.6 Å². The van der Waals surface area contributed by atoms with Gasteiger partial charge in [0, 0.05) is 22.1 Å². The van der Waals surface area contributed by atoms with Crippen LogP contribution in [-0.4, -0.2) is 30.0 Å². The molecule has 0 fully saturated rings. The second-order valence-corrected chi connectivity index (χ2v) is 5.32. The molecule has 0 aromatic heterocycles. The quantitative estimate of drug-likeness (QED) is 0.778. The van der Waals surface area contributed by atoms with Crippen LogP contribution in [0.25, 0.3) is 0 Å². The van der Waals surface area contributed by atoms with Crippen molar-refractivity contribution in [2.75, 3.05) is 25.1 Å². The Balaban J connectivity index is 2.70. The normalized spacial score (nSPS) is 11.6. The second kappa shape index (κ2) is 5.66. The molecule has 0 unspecified atom stereocenters. The maximum Gasteiger partial charge on any atom is 0.0523 e. The van der Waals surface area contributed by atoms with Crippen molar-refractivity contribution in [2.24, 2.45) is 5.41 Å². The van der Waals surface area contributed by atoms with Crippen LogP contribution < -0.4 is 5.32 Å². The highest BCUT2D eigenvalue weighted by atomic mass is 79.9. The van der Waals surface area contributed by atoms with Gasteiger partial charge in [0.15, 0.2) is 0 Å². The van der Waals surface area contributed by atoms with Crippen LogP contribution in [0.1, 0.15) is 12.5 Å². The average Bonchev–Trinajstić information content (AvgIpc) is 2.30. The summed E-state index contributed by atoms with van der Waals surface area (Å²) in [5.41, 5.74) is 1.65. The Morgan fingerprint density at radius 3 is 2.50 bits per heavy atom. The lowest BCUT2D eigenvalue weighted by atomic mass is 9.93. The zero-order valence-corrected chi connectivity index (χ0v) is 11.2. The number of hydrogen-bond donors (Lipinski definition) is 3. The third kappa shape index (κ3) is 3.47. The highest BCUT2D eigenvalue weighted by Gasteiger charge is 2.22. The van der Waals surface area contributed by atoms with Gasteiger partial charge < -0.3 is 15.5 Å². The van der Waals surface area contributed by atoms with Crippen molar-refractivity contribution in [3.63, 3.8) is 0 Å². The minimum absolute atomic E-state index is 0.0417. The van der Waals surface area contributed by atoms with E-state index in [-0.39, 0.29) is 13.2 Å². The summed E-state index contributed by atoms with van der Waals surface area (Å²) in [5.74, 6) is 0. The van der Waals surface area contributed by atoms with E-state index in [2.05, 4.69) is 21.2 Å². The number of anilines is 1. The van der Waals surface area contributed by atoms with Crippen molar-refractivity contribution in [1.82, 2.24) is 0 Å². The zero-order chi connectivity index (χ0) is 12.2. The van der Waals surface area contributed by atoms with Gasteiger partial charge in [0.05, 0.1) is 13.2 Å². The molecule has 1 rings (SSSR count). The van der Waals surface area contributed by atoms with Crippen LogP contribution in [0.5, 0.6) is 0 Å². The van der Waals surface area contributed by atoms with Gasteiger partial charge >= 0.3 is 0 Å². The molecule has 0 aliphatic carbocycles. The topological polar surface area (TPSA) is 52.5 Å². The van der Waals surface area contributed by atoms with Crippen LogP contribution in [0.2, 0.25) is 0 Å². The molecule has 0 aliphatic heterocycles. The SMILES string of the molecule is Cc1ccc(Br)c(NCC(C)(CO)CO)c1. The standard InChI is InChI=1S/C12H18BrNO2/c1-9-3-4-10(13)11(5-9)14-6-12(2,7-15)8-16/h3-5,14-16H,6-8H2,1-2H3. The summed E-state index contributed by atoms with van der Waals surface area (Å²) in [5, 5.41) is 21.6. The molecule has 0 radical (unpaired) electrons. The Kier molecular flexibility index (Phi) is 4.77. The van der Waals surface area contributed by atoms with Gasteiger partial charge in [0.25, 0.3) is 0 Å². The number of rotatable bonds is 5. The van der Waals surface area contributed by atoms with Crippen molar-refractivity contribution in [3.8, 4) is 0 Å². The predicted octanol–water partition coefficient (Wildman–Crippen LogP) is 2.16. The molecule has 16 heavy (non-hydrogen) atoms. The average molecular weight is 288 g/mol. The van der Waals surface area contributed by atoms with Gasteiger partial charge in [-0.1, -0.05) is 13.0 Å². The molecular formula is C12H18BrNO2. The smallest absolute Gasteiger partial charge is 0.0523 e. The van der Waals surface area contributed by atoms with Crippen molar-refractivity contribution < 1.29 is 10.2 Å². The summed E-state index contributed by atoms with van der Waals surface area (Å²) in [6.45, 7) is 4.31. The monoisotopic (exact) mass is 287 g/mol. The molecule has 1 aromatic carbocycles. The van der Waals surface area contributed by atoms with Crippen LogP contribution in [0, 0.1) is 12.3 Å². The van der Waals surface area contributed by atoms with E-state index in [4.69, 9.17) is 0 Å². The van der Waals surface area contributed by atoms with Gasteiger partial charge in [-0.25, -0.2) is 0 Å². The summed E-state index contributed by atoms with van der Waals surface area (Å²) >= 11 is 3.45. The Bertz CT molecular complexity index is 351. The van der Waals surface area contributed by atoms with Crippen LogP contribution in [-0.2, 0) is 0 Å². The van der Waals surface area contributed by atoms with Gasteiger partial charge in [0.1, 0.15) is 0 Å². The fourth-order valence-electron chi connectivity index (χ4n) is 1.25. The summed E-state index contributed by atoms with van der Waals surface area (Å²) < 4.78 is 0.983. The predicted molar refractivity (Wildman–Crippen MR) is 69.6 cm³/mol. The number of aliphatic hydroxyl groups is 2. The van der Waals surface area contributed by atoms with E-state index in [1.807, 2.05) is 32.0 Å². The van der Waals surface area contributed by atoms with E-state index in [1.165, 1.54) is 5.56 Å². The molecule has 90 valence electrons. The third-order valence-corrected chi connectivity index (χ3v) is 3.28. The molecule has 0 aliphatic rings. The maximum atomic E-state index is 9.18. The zero-order valence-electron chi connectivity index (χ0n) is 9.63. The first-order valence-electron chi connectivity index (χ1n) is 5.22. The van der Waals surface area contributed by atoms with Crippen molar-refractivity contribution in [1.29, 1.82) is 0 Å². The van der Waals surface area contributed by atoms with Gasteiger partial charge in [-0.2, -0.15) is 0 Å². The largest absolute Gasteiger partial charge is 0.396 e. The first kappa shape index (κ1) is 13.5. The molecule has 4 heteroatoms. The number of aryl methyl sites for hydroxylation is 1. The first-order chi connectivity index (χ1) is 7.50. The van der Waals surface area contributed by atoms with Crippen molar-refractivity contribution in [2.45, 2.75) is 13.8 Å². The molecule has 1 aromatic rings. The molecule has 0 heterocycles. The van der Waals surface area contributed by atoms with Crippen LogP contribution >= 0.6 is 15.9 Å². The van der Waals surface area contributed by atoms with E-state index < -0.39 is 5.41 Å². The molecule has 0 saturated carbocycles. The molecule has 0 atom stereocenters. The van der Waals surface area contributed by atoms with Gasteiger partial charge in [-0.15, -0.1) is 0 Å². The minimum Gasteiger partial charge on any atom is -0.396 e. The van der Waals surface area contributed by atoms with Gasteiger partial charge in [0.2, 0.25) is 0 Å². The maximum absolute atomic E-state index is 9.18. The van der Waals surface area contributed by atoms with E-state index in [1.54, 1.807) is 0 Å². The first-order valence-corrected chi connectivity index (χ1v) is 6.02. The highest BCUT2D eigenvalue weighted by Crippen LogP contribution is 2.25. The Morgan fingerprint density at radius 2 is 1.94 bits per heavy atom. The number of hydrogen-bond acceptors (Lipinski definition) is 3. The number of benzene rings is 1. The molecule has 0 bridgehead atoms. The fraction of sp³-hybridized carbons (Fsp3) is 0.500. The molecule has 0 saturated heterocycles. The minimum atomic E-state index is -0.497. The number of aliphatic hydroxyl groups excluding tert-OH is 2. The number of nitrogens with one attached hydrogen (secondary N) is 1. The molecule has 0 spiro atoms. The summed E-state index contributed by atoms with van der Waals surface area (Å²) in [6.07, 6.45) is 0. The lowest BCUT2D eigenvalue weighted by molar-refractivity contribution is 0.0806. The lowest BCUT2D eigenvalue weighted by Crippen LogP contribution is -2.34. The highest BCUT2D eigenvalue weighted by molar-refractivity contribution is 9.10. The number of halogens is 1. The third-order valence-electron chi connectivity index (χ3n) is 2.59. The Morgan fingerprint density at radius 1 is 1.31 bits per heavy atom. The summed E-state index contributed by atoms with van der Waals surface area (Å²) in [7, 11) is 0. The summed E-state index contributed by atoms with van der Waals surface area (Å²) in [4.78, 5) is 0. The van der Waals surface area contributed by atoms with Gasteiger partial charge in [-0.3, -0.25) is 0 Å². The van der Waals surface area contributed by atoms with E-state index in [0.29, 0.717) is 6.54 Å². The van der Waals surface area contributed by atoms with Crippen LogP contribution in [0.4, 0.5) is 5.69 Å². The van der Waals surface area contributed by atoms with E-state index in [0.717, 1.165) is 10.2 Å². The summed E-state index contributed by atoms with van der Waals surface area (Å²) in [6, 6.07) is 6.03. The molecule has 3 N–H and O–H groups in total. The molecule has 0 amide bonds. The molecular weight excluding hydrogens is 270 g/mol. The fourth-order valence-corrected chi connectivity index (χ4v) is 1.63. The Hall–Kier alpha value is -0.580. The second-order valence-electron chi connectivity index (χ2n) is 4.46. The Labute approximate surface area is 105 Å². The van der Waals surface area contributed by atoms with Crippen molar-refractivity contribution in [3.05, 3.63) is 28.2 Å². The van der Waals surface area contributed by atoms with Crippen LogP contribution in [0.3, 0.4) is 0 Å². The molecule has 3 nitrogen and oxygen atoms in total. The van der Waals surface area contributed by atoms with E-state index >= 15 is 0 Å². The van der Waals surface area contributed by atoms with E-state index in [9.17, 15) is 10.2 Å². The lowest BCUT2D eigenvalue weighted by Gasteiger charge is -2.25.